The summed E-state index contributed by atoms with van der Waals surface area (Å²) in [5.41, 5.74) is 2.44. The first kappa shape index (κ1) is 16.3. The van der Waals surface area contributed by atoms with Crippen LogP contribution in [0.25, 0.3) is 11.3 Å². The van der Waals surface area contributed by atoms with Crippen molar-refractivity contribution < 1.29 is 12.9 Å². The molecular weight excluding hydrogens is 328 g/mol. The molecule has 0 fully saturated rings. The average Bonchev–Trinajstić information content (AvgIpc) is 3.12. The number of sulfonamides is 1. The van der Waals surface area contributed by atoms with Crippen LogP contribution in [-0.2, 0) is 16.6 Å². The van der Waals surface area contributed by atoms with Crippen LogP contribution in [0.15, 0.2) is 45.8 Å². The number of hydrogen-bond donors (Lipinski definition) is 1. The zero-order valence-corrected chi connectivity index (χ0v) is 14.5. The van der Waals surface area contributed by atoms with Crippen molar-refractivity contribution in [2.75, 3.05) is 4.72 Å². The highest BCUT2D eigenvalue weighted by Crippen LogP contribution is 2.25. The van der Waals surface area contributed by atoms with Crippen LogP contribution >= 0.6 is 0 Å². The van der Waals surface area contributed by atoms with Crippen molar-refractivity contribution >= 4 is 15.9 Å². The lowest BCUT2D eigenvalue weighted by atomic mass is 10.2. The standard InChI is InChI=1S/C16H18N4O3S/c1-4-20-12(3)16(11(2)17-20)24(21,22)19-15-10-14(18-23-15)13-8-6-5-7-9-13/h5-10,19H,4H2,1-3H3. The first-order valence-corrected chi connectivity index (χ1v) is 8.99. The van der Waals surface area contributed by atoms with Gasteiger partial charge in [-0.2, -0.15) is 5.10 Å². The van der Waals surface area contributed by atoms with Crippen LogP contribution in [0.4, 0.5) is 5.88 Å². The molecule has 0 atom stereocenters. The van der Waals surface area contributed by atoms with Gasteiger partial charge in [0.15, 0.2) is 0 Å². The summed E-state index contributed by atoms with van der Waals surface area (Å²) in [5.74, 6) is 0.0666. The summed E-state index contributed by atoms with van der Waals surface area (Å²) in [6.07, 6.45) is 0. The highest BCUT2D eigenvalue weighted by molar-refractivity contribution is 7.92. The van der Waals surface area contributed by atoms with Gasteiger partial charge < -0.3 is 4.52 Å². The van der Waals surface area contributed by atoms with Gasteiger partial charge in [-0.15, -0.1) is 0 Å². The largest absolute Gasteiger partial charge is 0.337 e. The minimum absolute atomic E-state index is 0.0666. The molecule has 0 spiro atoms. The molecule has 0 aliphatic heterocycles. The maximum absolute atomic E-state index is 12.7. The fraction of sp³-hybridized carbons (Fsp3) is 0.250. The topological polar surface area (TPSA) is 90.0 Å². The fourth-order valence-corrected chi connectivity index (χ4v) is 4.02. The zero-order valence-electron chi connectivity index (χ0n) is 13.6. The lowest BCUT2D eigenvalue weighted by Crippen LogP contribution is -2.14. The molecule has 0 radical (unpaired) electrons. The lowest BCUT2D eigenvalue weighted by Gasteiger charge is -2.05. The molecule has 0 aliphatic rings. The molecule has 2 heterocycles. The Hall–Kier alpha value is -2.61. The second kappa shape index (κ2) is 6.12. The van der Waals surface area contributed by atoms with E-state index in [1.807, 2.05) is 37.3 Å². The van der Waals surface area contributed by atoms with Gasteiger partial charge in [0.25, 0.3) is 10.0 Å². The molecule has 0 aliphatic carbocycles. The number of rotatable bonds is 5. The number of aryl methyl sites for hydroxylation is 2. The Labute approximate surface area is 140 Å². The third kappa shape index (κ3) is 2.92. The van der Waals surface area contributed by atoms with E-state index in [1.165, 1.54) is 0 Å². The molecule has 7 nitrogen and oxygen atoms in total. The number of benzene rings is 1. The summed E-state index contributed by atoms with van der Waals surface area (Å²) in [6, 6.07) is 10.9. The van der Waals surface area contributed by atoms with Gasteiger partial charge in [-0.3, -0.25) is 4.68 Å². The van der Waals surface area contributed by atoms with Crippen LogP contribution in [0.1, 0.15) is 18.3 Å². The third-order valence-electron chi connectivity index (χ3n) is 3.70. The Balaban J connectivity index is 1.91. The summed E-state index contributed by atoms with van der Waals surface area (Å²) >= 11 is 0. The van der Waals surface area contributed by atoms with E-state index in [0.29, 0.717) is 23.6 Å². The molecule has 3 rings (SSSR count). The molecule has 2 aromatic heterocycles. The average molecular weight is 346 g/mol. The van der Waals surface area contributed by atoms with Gasteiger partial charge in [0.05, 0.1) is 11.4 Å². The van der Waals surface area contributed by atoms with Gasteiger partial charge in [-0.05, 0) is 20.8 Å². The summed E-state index contributed by atoms with van der Waals surface area (Å²) in [7, 11) is -3.80. The molecule has 0 bridgehead atoms. The van der Waals surface area contributed by atoms with E-state index in [-0.39, 0.29) is 10.8 Å². The molecule has 3 aromatic rings. The second-order valence-corrected chi connectivity index (χ2v) is 6.98. The van der Waals surface area contributed by atoms with Gasteiger partial charge in [0.1, 0.15) is 10.6 Å². The van der Waals surface area contributed by atoms with E-state index in [9.17, 15) is 8.42 Å². The van der Waals surface area contributed by atoms with Gasteiger partial charge >= 0.3 is 0 Å². The van der Waals surface area contributed by atoms with E-state index in [4.69, 9.17) is 4.52 Å². The SMILES string of the molecule is CCn1nc(C)c(S(=O)(=O)Nc2cc(-c3ccccc3)no2)c1C. The lowest BCUT2D eigenvalue weighted by molar-refractivity contribution is 0.438. The maximum Gasteiger partial charge on any atom is 0.267 e. The molecule has 24 heavy (non-hydrogen) atoms. The number of aromatic nitrogens is 3. The van der Waals surface area contributed by atoms with Crippen molar-refractivity contribution in [3.05, 3.63) is 47.8 Å². The molecular formula is C16H18N4O3S. The van der Waals surface area contributed by atoms with Crippen LogP contribution in [-0.4, -0.2) is 23.4 Å². The maximum atomic E-state index is 12.7. The Bertz CT molecular complexity index is 959. The molecule has 0 unspecified atom stereocenters. The van der Waals surface area contributed by atoms with Crippen LogP contribution in [0.3, 0.4) is 0 Å². The number of anilines is 1. The van der Waals surface area contributed by atoms with E-state index < -0.39 is 10.0 Å². The fourth-order valence-electron chi connectivity index (χ4n) is 2.63. The quantitative estimate of drug-likeness (QED) is 0.767. The Kier molecular flexibility index (Phi) is 4.15. The molecule has 126 valence electrons. The Morgan fingerprint density at radius 1 is 1.21 bits per heavy atom. The molecule has 8 heteroatoms. The van der Waals surface area contributed by atoms with Gasteiger partial charge in [0, 0.05) is 18.2 Å². The predicted octanol–water partition coefficient (Wildman–Crippen LogP) is 2.98. The number of nitrogens with zero attached hydrogens (tertiary/aromatic N) is 3. The summed E-state index contributed by atoms with van der Waals surface area (Å²) in [5, 5.41) is 8.15. The highest BCUT2D eigenvalue weighted by Gasteiger charge is 2.25. The van der Waals surface area contributed by atoms with Gasteiger partial charge in [-0.1, -0.05) is 35.5 Å². The van der Waals surface area contributed by atoms with Crippen molar-refractivity contribution in [1.29, 1.82) is 0 Å². The van der Waals surface area contributed by atoms with Crippen LogP contribution in [0, 0.1) is 13.8 Å². The summed E-state index contributed by atoms with van der Waals surface area (Å²) < 4.78 is 34.5. The smallest absolute Gasteiger partial charge is 0.267 e. The number of nitrogens with one attached hydrogen (secondary N) is 1. The van der Waals surface area contributed by atoms with Crippen LogP contribution in [0.2, 0.25) is 0 Å². The second-order valence-electron chi connectivity index (χ2n) is 5.36. The summed E-state index contributed by atoms with van der Waals surface area (Å²) in [4.78, 5) is 0.169. The van der Waals surface area contributed by atoms with Crippen molar-refractivity contribution in [2.24, 2.45) is 0 Å². The van der Waals surface area contributed by atoms with Crippen LogP contribution in [0.5, 0.6) is 0 Å². The van der Waals surface area contributed by atoms with E-state index >= 15 is 0 Å². The Morgan fingerprint density at radius 2 is 1.92 bits per heavy atom. The highest BCUT2D eigenvalue weighted by atomic mass is 32.2. The van der Waals surface area contributed by atoms with Gasteiger partial charge in [0.2, 0.25) is 5.88 Å². The molecule has 1 N–H and O–H groups in total. The van der Waals surface area contributed by atoms with Crippen molar-refractivity contribution in [3.63, 3.8) is 0 Å². The minimum Gasteiger partial charge on any atom is -0.337 e. The van der Waals surface area contributed by atoms with Crippen molar-refractivity contribution in [1.82, 2.24) is 14.9 Å². The molecule has 0 saturated heterocycles. The summed E-state index contributed by atoms with van der Waals surface area (Å²) in [6.45, 7) is 5.91. The zero-order chi connectivity index (χ0) is 17.3. The van der Waals surface area contributed by atoms with E-state index in [1.54, 1.807) is 24.6 Å². The number of hydrogen-bond acceptors (Lipinski definition) is 5. The first-order chi connectivity index (χ1) is 11.4. The van der Waals surface area contributed by atoms with Crippen molar-refractivity contribution in [3.8, 4) is 11.3 Å². The first-order valence-electron chi connectivity index (χ1n) is 7.51. The van der Waals surface area contributed by atoms with E-state index in [0.717, 1.165) is 5.56 Å². The minimum atomic E-state index is -3.80. The normalized spacial score (nSPS) is 11.6. The van der Waals surface area contributed by atoms with Crippen LogP contribution < -0.4 is 4.72 Å². The molecule has 0 amide bonds. The van der Waals surface area contributed by atoms with Gasteiger partial charge in [-0.25, -0.2) is 13.1 Å². The molecule has 1 aromatic carbocycles. The van der Waals surface area contributed by atoms with Crippen molar-refractivity contribution in [2.45, 2.75) is 32.2 Å². The Morgan fingerprint density at radius 3 is 2.54 bits per heavy atom. The predicted molar refractivity (Wildman–Crippen MR) is 90.1 cm³/mol. The van der Waals surface area contributed by atoms with E-state index in [2.05, 4.69) is 15.0 Å². The molecule has 0 saturated carbocycles. The third-order valence-corrected chi connectivity index (χ3v) is 5.30. The monoisotopic (exact) mass is 346 g/mol.